The summed E-state index contributed by atoms with van der Waals surface area (Å²) in [6, 6.07) is 13.6. The quantitative estimate of drug-likeness (QED) is 0.325. The van der Waals surface area contributed by atoms with Gasteiger partial charge in [0, 0.05) is 33.8 Å². The number of ether oxygens (including phenoxy) is 1. The van der Waals surface area contributed by atoms with Crippen LogP contribution in [0, 0.1) is 5.82 Å². The highest BCUT2D eigenvalue weighted by Gasteiger charge is 2.38. The summed E-state index contributed by atoms with van der Waals surface area (Å²) in [7, 11) is -2.41. The molecule has 4 aromatic rings. The van der Waals surface area contributed by atoms with Crippen LogP contribution in [0.5, 0.6) is 5.88 Å². The third-order valence-corrected chi connectivity index (χ3v) is 8.54. The maximum Gasteiger partial charge on any atom is 0.282 e. The fourth-order valence-corrected chi connectivity index (χ4v) is 5.94. The number of hydrogen-bond acceptors (Lipinski definition) is 5. The minimum Gasteiger partial charge on any atom is -0.481 e. The van der Waals surface area contributed by atoms with Gasteiger partial charge in [-0.1, -0.05) is 42.8 Å². The number of benzene rings is 2. The molecule has 7 nitrogen and oxygen atoms in total. The van der Waals surface area contributed by atoms with Crippen LogP contribution in [0.4, 0.5) is 4.39 Å². The zero-order valence-corrected chi connectivity index (χ0v) is 21.9. The first-order valence-corrected chi connectivity index (χ1v) is 13.8. The summed E-state index contributed by atoms with van der Waals surface area (Å²) in [5, 5.41) is 0.389. The molecule has 192 valence electrons. The molecule has 2 heterocycles. The summed E-state index contributed by atoms with van der Waals surface area (Å²) in [5.41, 5.74) is 2.88. The van der Waals surface area contributed by atoms with Gasteiger partial charge >= 0.3 is 0 Å². The molecule has 0 atom stereocenters. The number of nitrogens with one attached hydrogen (secondary N) is 1. The van der Waals surface area contributed by atoms with E-state index in [2.05, 4.69) is 9.71 Å². The third kappa shape index (κ3) is 4.81. The Labute approximate surface area is 219 Å². The minimum absolute atomic E-state index is 0.00279. The van der Waals surface area contributed by atoms with Crippen molar-refractivity contribution in [2.45, 2.75) is 38.0 Å². The third-order valence-electron chi connectivity index (χ3n) is 6.52. The van der Waals surface area contributed by atoms with Crippen molar-refractivity contribution in [2.24, 2.45) is 0 Å². The highest BCUT2D eigenvalue weighted by atomic mass is 35.5. The summed E-state index contributed by atoms with van der Waals surface area (Å²) in [6.45, 7) is 2.01. The Bertz CT molecular complexity index is 1630. The number of rotatable bonds is 8. The largest absolute Gasteiger partial charge is 0.481 e. The van der Waals surface area contributed by atoms with E-state index in [0.717, 1.165) is 12.0 Å². The molecule has 0 aliphatic heterocycles. The van der Waals surface area contributed by atoms with Gasteiger partial charge < -0.3 is 9.30 Å². The molecule has 0 radical (unpaired) electrons. The molecule has 37 heavy (non-hydrogen) atoms. The number of fused-ring (bicyclic) bond motifs is 1. The molecule has 2 aromatic carbocycles. The topological polar surface area (TPSA) is 90.3 Å². The summed E-state index contributed by atoms with van der Waals surface area (Å²) in [6.07, 6.45) is 3.16. The number of pyridine rings is 1. The zero-order chi connectivity index (χ0) is 26.3. The van der Waals surface area contributed by atoms with Crippen LogP contribution in [0.3, 0.4) is 0 Å². The number of nitrogens with zero attached hydrogens (tertiary/aromatic N) is 2. The number of aromatic nitrogens is 2. The molecule has 1 aliphatic rings. The van der Waals surface area contributed by atoms with Gasteiger partial charge in [-0.15, -0.1) is 0 Å². The molecule has 5 rings (SSSR count). The van der Waals surface area contributed by atoms with E-state index in [1.165, 1.54) is 19.4 Å². The Morgan fingerprint density at radius 2 is 1.97 bits per heavy atom. The maximum atomic E-state index is 14.8. The summed E-state index contributed by atoms with van der Waals surface area (Å²) < 4.78 is 49.7. The van der Waals surface area contributed by atoms with E-state index in [1.54, 1.807) is 28.8 Å². The molecule has 1 aliphatic carbocycles. The van der Waals surface area contributed by atoms with E-state index in [4.69, 9.17) is 16.3 Å². The molecule has 2 aromatic heterocycles. The normalized spacial score (nSPS) is 13.6. The van der Waals surface area contributed by atoms with Gasteiger partial charge in [0.1, 0.15) is 11.5 Å². The van der Waals surface area contributed by atoms with Gasteiger partial charge in [-0.3, -0.25) is 4.79 Å². The average molecular weight is 542 g/mol. The first kappa shape index (κ1) is 25.2. The van der Waals surface area contributed by atoms with Gasteiger partial charge in [-0.05, 0) is 49.1 Å². The molecule has 1 N–H and O–H groups in total. The SMILES string of the molecule is CCc1ccc2c(c1)c(-c1cc(Cl)cnc1OC)c(C(=O)NS(=O)(=O)C1CC1)n2Cc1ccccc1F. The van der Waals surface area contributed by atoms with Crippen LogP contribution in [0.2, 0.25) is 5.02 Å². The predicted octanol–water partition coefficient (Wildman–Crippen LogP) is 5.34. The fourth-order valence-electron chi connectivity index (χ4n) is 4.50. The highest BCUT2D eigenvalue weighted by Crippen LogP contribution is 2.41. The van der Waals surface area contributed by atoms with Crippen LogP contribution >= 0.6 is 11.6 Å². The number of carbonyl (C=O) groups is 1. The van der Waals surface area contributed by atoms with Crippen LogP contribution in [-0.2, 0) is 23.0 Å². The number of methoxy groups -OCH3 is 1. The second kappa shape index (κ2) is 9.79. The first-order chi connectivity index (χ1) is 17.7. The minimum atomic E-state index is -3.87. The van der Waals surface area contributed by atoms with Crippen LogP contribution in [-0.4, -0.2) is 36.2 Å². The number of aryl methyl sites for hydroxylation is 1. The number of amides is 1. The first-order valence-electron chi connectivity index (χ1n) is 11.9. The van der Waals surface area contributed by atoms with Crippen molar-refractivity contribution in [3.63, 3.8) is 0 Å². The molecular formula is C27H25ClFN3O4S. The molecule has 0 bridgehead atoms. The van der Waals surface area contributed by atoms with Gasteiger partial charge in [0.15, 0.2) is 0 Å². The Kier molecular flexibility index (Phi) is 6.68. The Morgan fingerprint density at radius 1 is 1.22 bits per heavy atom. The second-order valence-electron chi connectivity index (χ2n) is 8.99. The fraction of sp³-hybridized carbons (Fsp3) is 0.259. The lowest BCUT2D eigenvalue weighted by atomic mass is 10.0. The highest BCUT2D eigenvalue weighted by molar-refractivity contribution is 7.91. The van der Waals surface area contributed by atoms with E-state index in [0.29, 0.717) is 45.5 Å². The summed E-state index contributed by atoms with van der Waals surface area (Å²) >= 11 is 6.31. The van der Waals surface area contributed by atoms with Crippen molar-refractivity contribution in [3.8, 4) is 17.0 Å². The number of carbonyl (C=O) groups excluding carboxylic acids is 1. The second-order valence-corrected chi connectivity index (χ2v) is 11.4. The van der Waals surface area contributed by atoms with E-state index < -0.39 is 27.0 Å². The van der Waals surface area contributed by atoms with E-state index in [1.807, 2.05) is 25.1 Å². The smallest absolute Gasteiger partial charge is 0.282 e. The Balaban J connectivity index is 1.84. The van der Waals surface area contributed by atoms with Gasteiger partial charge in [0.05, 0.1) is 23.9 Å². The lowest BCUT2D eigenvalue weighted by molar-refractivity contribution is 0.0974. The van der Waals surface area contributed by atoms with Crippen molar-refractivity contribution < 1.29 is 22.3 Å². The summed E-state index contributed by atoms with van der Waals surface area (Å²) in [5.74, 6) is -1.03. The van der Waals surface area contributed by atoms with E-state index in [-0.39, 0.29) is 18.1 Å². The molecule has 1 fully saturated rings. The van der Waals surface area contributed by atoms with Gasteiger partial charge in [0.2, 0.25) is 15.9 Å². The Hall–Kier alpha value is -3.43. The van der Waals surface area contributed by atoms with E-state index in [9.17, 15) is 17.6 Å². The number of sulfonamides is 1. The molecule has 0 unspecified atom stereocenters. The lowest BCUT2D eigenvalue weighted by Gasteiger charge is -2.14. The lowest BCUT2D eigenvalue weighted by Crippen LogP contribution is -2.35. The van der Waals surface area contributed by atoms with Gasteiger partial charge in [-0.2, -0.15) is 0 Å². The maximum absolute atomic E-state index is 14.8. The summed E-state index contributed by atoms with van der Waals surface area (Å²) in [4.78, 5) is 18.1. The van der Waals surface area contributed by atoms with Crippen LogP contribution in [0.15, 0.2) is 54.7 Å². The molecule has 10 heteroatoms. The van der Waals surface area contributed by atoms with Crippen LogP contribution < -0.4 is 9.46 Å². The zero-order valence-electron chi connectivity index (χ0n) is 20.3. The van der Waals surface area contributed by atoms with Gasteiger partial charge in [-0.25, -0.2) is 22.5 Å². The van der Waals surface area contributed by atoms with Crippen molar-refractivity contribution in [3.05, 3.63) is 82.4 Å². The van der Waals surface area contributed by atoms with Crippen molar-refractivity contribution in [1.29, 1.82) is 0 Å². The standard InChI is InChI=1S/C27H25ClFN3O4S/c1-3-16-8-11-23-20(12-16)24(21-13-18(28)14-30-27(21)36-2)25(26(33)31-37(34,35)19-9-10-19)32(23)15-17-6-4-5-7-22(17)29/h4-8,11-14,19H,3,9-10,15H2,1-2H3,(H,31,33). The van der Waals surface area contributed by atoms with Crippen molar-refractivity contribution in [2.75, 3.05) is 7.11 Å². The molecule has 1 amide bonds. The van der Waals surface area contributed by atoms with Crippen LogP contribution in [0.1, 0.15) is 41.4 Å². The van der Waals surface area contributed by atoms with Crippen LogP contribution in [0.25, 0.3) is 22.0 Å². The molecule has 1 saturated carbocycles. The molecule has 0 saturated heterocycles. The van der Waals surface area contributed by atoms with E-state index >= 15 is 0 Å². The van der Waals surface area contributed by atoms with Crippen molar-refractivity contribution in [1.82, 2.24) is 14.3 Å². The monoisotopic (exact) mass is 541 g/mol. The average Bonchev–Trinajstić information content (AvgIpc) is 3.69. The van der Waals surface area contributed by atoms with Gasteiger partial charge in [0.25, 0.3) is 5.91 Å². The van der Waals surface area contributed by atoms with Crippen molar-refractivity contribution >= 4 is 38.4 Å². The Morgan fingerprint density at radius 3 is 2.65 bits per heavy atom. The molecule has 0 spiro atoms. The number of halogens is 2. The number of hydrogen-bond donors (Lipinski definition) is 1. The molecular weight excluding hydrogens is 517 g/mol. The predicted molar refractivity (Wildman–Crippen MR) is 141 cm³/mol.